The monoisotopic (exact) mass is 242 g/mol. The minimum atomic E-state index is 0.00993. The van der Waals surface area contributed by atoms with E-state index >= 15 is 0 Å². The Bertz CT molecular complexity index is 337. The first-order valence-corrected chi connectivity index (χ1v) is 6.04. The van der Waals surface area contributed by atoms with Crippen LogP contribution in [0.4, 0.5) is 0 Å². The van der Waals surface area contributed by atoms with Gasteiger partial charge in [-0.1, -0.05) is 0 Å². The summed E-state index contributed by atoms with van der Waals surface area (Å²) in [6, 6.07) is 0. The van der Waals surface area contributed by atoms with Crippen molar-refractivity contribution in [3.05, 3.63) is 16.1 Å². The number of amides is 1. The van der Waals surface area contributed by atoms with Crippen LogP contribution in [0.25, 0.3) is 0 Å². The molecule has 0 saturated heterocycles. The van der Waals surface area contributed by atoms with Gasteiger partial charge in [-0.2, -0.15) is 0 Å². The Kier molecular flexibility index (Phi) is 5.37. The number of aromatic nitrogens is 1. The summed E-state index contributed by atoms with van der Waals surface area (Å²) in [5, 5.41) is 5.60. The maximum absolute atomic E-state index is 11.5. The van der Waals surface area contributed by atoms with Crippen LogP contribution in [0.5, 0.6) is 0 Å². The van der Waals surface area contributed by atoms with Crippen molar-refractivity contribution in [3.8, 4) is 0 Å². The van der Waals surface area contributed by atoms with Gasteiger partial charge in [0.25, 0.3) is 0 Å². The normalized spacial score (nSPS) is 10.8. The molecule has 1 amide bonds. The van der Waals surface area contributed by atoms with E-state index in [1.165, 1.54) is 11.3 Å². The van der Waals surface area contributed by atoms with Crippen LogP contribution in [0.2, 0.25) is 0 Å². The third kappa shape index (κ3) is 4.69. The molecule has 0 aliphatic heterocycles. The molecule has 1 aromatic heterocycles. The molecule has 1 aromatic rings. The number of rotatable bonds is 6. The van der Waals surface area contributed by atoms with Crippen LogP contribution in [-0.4, -0.2) is 43.0 Å². The average molecular weight is 242 g/mol. The Morgan fingerprint density at radius 3 is 2.94 bits per heavy atom. The number of hydrogen-bond acceptors (Lipinski definition) is 5. The van der Waals surface area contributed by atoms with E-state index in [1.807, 2.05) is 24.4 Å². The zero-order valence-corrected chi connectivity index (χ0v) is 10.5. The molecule has 3 N–H and O–H groups in total. The van der Waals surface area contributed by atoms with Gasteiger partial charge in [0.05, 0.1) is 12.1 Å². The Morgan fingerprint density at radius 2 is 2.38 bits per heavy atom. The first-order valence-electron chi connectivity index (χ1n) is 5.16. The molecule has 0 aromatic carbocycles. The van der Waals surface area contributed by atoms with E-state index in [1.54, 1.807) is 0 Å². The number of likely N-dealkylation sites (N-methyl/N-ethyl adjacent to an activating group) is 1. The second kappa shape index (κ2) is 6.57. The molecule has 6 heteroatoms. The molecule has 1 heterocycles. The summed E-state index contributed by atoms with van der Waals surface area (Å²) in [4.78, 5) is 17.8. The standard InChI is InChI=1S/C10H18N4OS/c1-14(2)4-3-12-9(15)5-8-7-16-10(6-11)13-8/h7H,3-6,11H2,1-2H3,(H,12,15). The second-order valence-electron chi connectivity index (χ2n) is 3.77. The van der Waals surface area contributed by atoms with Crippen molar-refractivity contribution in [2.75, 3.05) is 27.2 Å². The first-order chi connectivity index (χ1) is 7.61. The average Bonchev–Trinajstić information content (AvgIpc) is 2.65. The van der Waals surface area contributed by atoms with Crippen molar-refractivity contribution < 1.29 is 4.79 Å². The fourth-order valence-electron chi connectivity index (χ4n) is 1.17. The maximum atomic E-state index is 11.5. The molecule has 0 radical (unpaired) electrons. The summed E-state index contributed by atoms with van der Waals surface area (Å²) in [6.07, 6.45) is 0.337. The molecule has 0 saturated carbocycles. The van der Waals surface area contributed by atoms with Gasteiger partial charge in [0, 0.05) is 25.0 Å². The van der Waals surface area contributed by atoms with E-state index in [2.05, 4.69) is 10.3 Å². The number of nitrogens with one attached hydrogen (secondary N) is 1. The summed E-state index contributed by atoms with van der Waals surface area (Å²) < 4.78 is 0. The second-order valence-corrected chi connectivity index (χ2v) is 4.71. The van der Waals surface area contributed by atoms with Crippen molar-refractivity contribution in [1.29, 1.82) is 0 Å². The largest absolute Gasteiger partial charge is 0.354 e. The SMILES string of the molecule is CN(C)CCNC(=O)Cc1csc(CN)n1. The van der Waals surface area contributed by atoms with Gasteiger partial charge in [0.1, 0.15) is 5.01 Å². The summed E-state index contributed by atoms with van der Waals surface area (Å²) in [5.74, 6) is 0.00993. The Labute approximate surface area is 99.7 Å². The van der Waals surface area contributed by atoms with Crippen LogP contribution in [0, 0.1) is 0 Å². The maximum Gasteiger partial charge on any atom is 0.226 e. The summed E-state index contributed by atoms with van der Waals surface area (Å²) >= 11 is 1.50. The van der Waals surface area contributed by atoms with Crippen LogP contribution < -0.4 is 11.1 Å². The molecule has 0 atom stereocenters. The van der Waals surface area contributed by atoms with E-state index < -0.39 is 0 Å². The van der Waals surface area contributed by atoms with E-state index in [0.717, 1.165) is 17.2 Å². The number of hydrogen-bond donors (Lipinski definition) is 2. The fourth-order valence-corrected chi connectivity index (χ4v) is 1.84. The van der Waals surface area contributed by atoms with E-state index in [9.17, 15) is 4.79 Å². The van der Waals surface area contributed by atoms with E-state index in [4.69, 9.17) is 5.73 Å². The molecule has 0 fully saturated rings. The van der Waals surface area contributed by atoms with Crippen molar-refractivity contribution >= 4 is 17.2 Å². The highest BCUT2D eigenvalue weighted by atomic mass is 32.1. The molecule has 0 spiro atoms. The van der Waals surface area contributed by atoms with Gasteiger partial charge in [-0.05, 0) is 14.1 Å². The van der Waals surface area contributed by atoms with Gasteiger partial charge < -0.3 is 16.0 Å². The lowest BCUT2D eigenvalue weighted by Crippen LogP contribution is -2.32. The highest BCUT2D eigenvalue weighted by Crippen LogP contribution is 2.08. The van der Waals surface area contributed by atoms with Crippen molar-refractivity contribution in [2.45, 2.75) is 13.0 Å². The number of thiazole rings is 1. The van der Waals surface area contributed by atoms with Crippen molar-refractivity contribution in [2.24, 2.45) is 5.73 Å². The van der Waals surface area contributed by atoms with Gasteiger partial charge in [0.15, 0.2) is 0 Å². The van der Waals surface area contributed by atoms with E-state index in [0.29, 0.717) is 19.5 Å². The van der Waals surface area contributed by atoms with Gasteiger partial charge in [-0.15, -0.1) is 11.3 Å². The number of nitrogens with zero attached hydrogens (tertiary/aromatic N) is 2. The summed E-state index contributed by atoms with van der Waals surface area (Å²) in [5.41, 5.74) is 6.25. The smallest absolute Gasteiger partial charge is 0.226 e. The molecule has 0 unspecified atom stereocenters. The predicted molar refractivity (Wildman–Crippen MR) is 65.3 cm³/mol. The zero-order valence-electron chi connectivity index (χ0n) is 9.69. The lowest BCUT2D eigenvalue weighted by atomic mass is 10.3. The zero-order chi connectivity index (χ0) is 12.0. The van der Waals surface area contributed by atoms with Crippen LogP contribution in [0.1, 0.15) is 10.7 Å². The number of carbonyl (C=O) groups is 1. The van der Waals surface area contributed by atoms with Crippen LogP contribution >= 0.6 is 11.3 Å². The fraction of sp³-hybridized carbons (Fsp3) is 0.600. The van der Waals surface area contributed by atoms with Gasteiger partial charge in [-0.25, -0.2) is 4.98 Å². The summed E-state index contributed by atoms with van der Waals surface area (Å²) in [6.45, 7) is 1.95. The Hall–Kier alpha value is -0.980. The molecule has 5 nitrogen and oxygen atoms in total. The number of carbonyl (C=O) groups excluding carboxylic acids is 1. The van der Waals surface area contributed by atoms with Crippen LogP contribution in [0.3, 0.4) is 0 Å². The third-order valence-corrected chi connectivity index (χ3v) is 2.92. The molecule has 90 valence electrons. The molecule has 16 heavy (non-hydrogen) atoms. The minimum absolute atomic E-state index is 0.00993. The van der Waals surface area contributed by atoms with Crippen LogP contribution in [-0.2, 0) is 17.8 Å². The Morgan fingerprint density at radius 1 is 1.62 bits per heavy atom. The quantitative estimate of drug-likeness (QED) is 0.726. The van der Waals surface area contributed by atoms with Gasteiger partial charge in [0.2, 0.25) is 5.91 Å². The lowest BCUT2D eigenvalue weighted by Gasteiger charge is -2.09. The van der Waals surface area contributed by atoms with Crippen LogP contribution in [0.15, 0.2) is 5.38 Å². The molecule has 0 aliphatic carbocycles. The number of nitrogens with two attached hydrogens (primary N) is 1. The molecule has 0 aliphatic rings. The molecular formula is C10H18N4OS. The minimum Gasteiger partial charge on any atom is -0.354 e. The molecular weight excluding hydrogens is 224 g/mol. The van der Waals surface area contributed by atoms with Gasteiger partial charge in [-0.3, -0.25) is 4.79 Å². The topological polar surface area (TPSA) is 71.2 Å². The first kappa shape index (κ1) is 13.1. The molecule has 1 rings (SSSR count). The summed E-state index contributed by atoms with van der Waals surface area (Å²) in [7, 11) is 3.94. The third-order valence-electron chi connectivity index (χ3n) is 2.00. The van der Waals surface area contributed by atoms with Gasteiger partial charge >= 0.3 is 0 Å². The van der Waals surface area contributed by atoms with Crippen molar-refractivity contribution in [1.82, 2.24) is 15.2 Å². The lowest BCUT2D eigenvalue weighted by molar-refractivity contribution is -0.120. The van der Waals surface area contributed by atoms with Crippen molar-refractivity contribution in [3.63, 3.8) is 0 Å². The highest BCUT2D eigenvalue weighted by Gasteiger charge is 2.06. The Balaban J connectivity index is 2.28. The molecule has 0 bridgehead atoms. The van der Waals surface area contributed by atoms with E-state index in [-0.39, 0.29) is 5.91 Å². The predicted octanol–water partition coefficient (Wildman–Crippen LogP) is -0.178. The highest BCUT2D eigenvalue weighted by molar-refractivity contribution is 7.09.